The van der Waals surface area contributed by atoms with Crippen molar-refractivity contribution in [3.63, 3.8) is 0 Å². The molecule has 0 heterocycles. The molecule has 0 spiro atoms. The molecule has 3 aliphatic carbocycles. The zero-order valence-electron chi connectivity index (χ0n) is 18.1. The fourth-order valence-electron chi connectivity index (χ4n) is 5.99. The van der Waals surface area contributed by atoms with Gasteiger partial charge >= 0.3 is 5.97 Å². The predicted molar refractivity (Wildman–Crippen MR) is 115 cm³/mol. The first kappa shape index (κ1) is 21.5. The minimum Gasteiger partial charge on any atom is -0.431 e. The van der Waals surface area contributed by atoms with Crippen LogP contribution in [0, 0.1) is 35.3 Å². The van der Waals surface area contributed by atoms with E-state index in [0.717, 1.165) is 49.5 Å². The maximum absolute atomic E-state index is 13.9. The SMILES string of the molecule is CCCC1CCC(C2CCC(C(=O)OC3=Cc4cc(F)cc(F)c4CC3)CC2)CC1. The van der Waals surface area contributed by atoms with Crippen molar-refractivity contribution in [3.05, 3.63) is 40.7 Å². The summed E-state index contributed by atoms with van der Waals surface area (Å²) in [4.78, 5) is 12.7. The van der Waals surface area contributed by atoms with Gasteiger partial charge in [0.1, 0.15) is 17.4 Å². The fourth-order valence-corrected chi connectivity index (χ4v) is 5.99. The van der Waals surface area contributed by atoms with Crippen LogP contribution < -0.4 is 0 Å². The number of carbonyl (C=O) groups excluding carboxylic acids is 1. The highest BCUT2D eigenvalue weighted by atomic mass is 19.1. The van der Waals surface area contributed by atoms with Crippen molar-refractivity contribution in [1.29, 1.82) is 0 Å². The lowest BCUT2D eigenvalue weighted by Gasteiger charge is -2.37. The standard InChI is InChI=1S/C26H34F2O2/c1-2-3-17-4-6-18(7-5-17)19-8-10-20(11-9-19)26(29)30-23-12-13-24-21(15-23)14-22(27)16-25(24)28/h14-20H,2-13H2,1H3. The largest absolute Gasteiger partial charge is 0.431 e. The van der Waals surface area contributed by atoms with Gasteiger partial charge in [-0.15, -0.1) is 0 Å². The number of hydrogen-bond acceptors (Lipinski definition) is 2. The quantitative estimate of drug-likeness (QED) is 0.474. The van der Waals surface area contributed by atoms with Gasteiger partial charge in [0.05, 0.1) is 5.92 Å². The molecule has 4 rings (SSSR count). The molecule has 0 bridgehead atoms. The van der Waals surface area contributed by atoms with Crippen LogP contribution in [0.1, 0.15) is 88.7 Å². The molecule has 1 aromatic rings. The van der Waals surface area contributed by atoms with Gasteiger partial charge in [0.25, 0.3) is 0 Å². The molecule has 0 radical (unpaired) electrons. The maximum atomic E-state index is 13.9. The maximum Gasteiger partial charge on any atom is 0.314 e. The monoisotopic (exact) mass is 416 g/mol. The summed E-state index contributed by atoms with van der Waals surface area (Å²) in [6, 6.07) is 2.23. The van der Waals surface area contributed by atoms with Crippen molar-refractivity contribution in [2.45, 2.75) is 84.0 Å². The number of halogens is 2. The van der Waals surface area contributed by atoms with Crippen molar-refractivity contribution in [3.8, 4) is 0 Å². The van der Waals surface area contributed by atoms with E-state index in [1.807, 2.05) is 0 Å². The molecule has 2 fully saturated rings. The number of esters is 1. The van der Waals surface area contributed by atoms with Crippen molar-refractivity contribution in [2.75, 3.05) is 0 Å². The van der Waals surface area contributed by atoms with Crippen LogP contribution in [0.4, 0.5) is 8.78 Å². The summed E-state index contributed by atoms with van der Waals surface area (Å²) in [5.41, 5.74) is 0.995. The summed E-state index contributed by atoms with van der Waals surface area (Å²) >= 11 is 0. The molecule has 164 valence electrons. The second-order valence-electron chi connectivity index (χ2n) is 9.67. The summed E-state index contributed by atoms with van der Waals surface area (Å²) in [5.74, 6) is 1.77. The first-order valence-corrected chi connectivity index (χ1v) is 11.9. The number of benzene rings is 1. The second kappa shape index (κ2) is 9.62. The molecule has 3 aliphatic rings. The number of ether oxygens (including phenoxy) is 1. The molecular formula is C26H34F2O2. The molecule has 1 aromatic carbocycles. The number of hydrogen-bond donors (Lipinski definition) is 0. The lowest BCUT2D eigenvalue weighted by molar-refractivity contribution is -0.146. The van der Waals surface area contributed by atoms with Gasteiger partial charge in [-0.05, 0) is 86.0 Å². The van der Waals surface area contributed by atoms with E-state index in [9.17, 15) is 13.6 Å². The summed E-state index contributed by atoms with van der Waals surface area (Å²) < 4.78 is 33.1. The van der Waals surface area contributed by atoms with E-state index in [2.05, 4.69) is 6.92 Å². The smallest absolute Gasteiger partial charge is 0.314 e. The topological polar surface area (TPSA) is 26.3 Å². The van der Waals surface area contributed by atoms with E-state index < -0.39 is 11.6 Å². The molecule has 0 aliphatic heterocycles. The van der Waals surface area contributed by atoms with Crippen LogP contribution in [0.15, 0.2) is 17.9 Å². The average Bonchev–Trinajstić information content (AvgIpc) is 2.74. The minimum atomic E-state index is -0.600. The van der Waals surface area contributed by atoms with Gasteiger partial charge in [0.2, 0.25) is 0 Å². The van der Waals surface area contributed by atoms with Gasteiger partial charge in [-0.2, -0.15) is 0 Å². The Balaban J connectivity index is 1.27. The molecule has 0 atom stereocenters. The van der Waals surface area contributed by atoms with Crippen LogP contribution in [0.5, 0.6) is 0 Å². The van der Waals surface area contributed by atoms with Crippen LogP contribution in [0.3, 0.4) is 0 Å². The Morgan fingerprint density at radius 1 is 0.967 bits per heavy atom. The normalized spacial score (nSPS) is 29.1. The zero-order valence-corrected chi connectivity index (χ0v) is 18.1. The summed E-state index contributed by atoms with van der Waals surface area (Å²) in [5, 5.41) is 0. The van der Waals surface area contributed by atoms with Crippen molar-refractivity contribution in [2.24, 2.45) is 23.7 Å². The number of allylic oxidation sites excluding steroid dienone is 1. The van der Waals surface area contributed by atoms with Crippen LogP contribution in [-0.2, 0) is 16.0 Å². The highest BCUT2D eigenvalue weighted by molar-refractivity contribution is 5.75. The van der Waals surface area contributed by atoms with Gasteiger partial charge in [-0.3, -0.25) is 4.79 Å². The molecule has 0 aromatic heterocycles. The van der Waals surface area contributed by atoms with Crippen LogP contribution in [-0.4, -0.2) is 5.97 Å². The zero-order chi connectivity index (χ0) is 21.1. The molecule has 2 nitrogen and oxygen atoms in total. The Morgan fingerprint density at radius 3 is 2.30 bits per heavy atom. The summed E-state index contributed by atoms with van der Waals surface area (Å²) in [6.07, 6.45) is 14.8. The number of fused-ring (bicyclic) bond motifs is 1. The lowest BCUT2D eigenvalue weighted by atomic mass is 9.69. The highest BCUT2D eigenvalue weighted by Crippen LogP contribution is 2.42. The van der Waals surface area contributed by atoms with Gasteiger partial charge in [-0.1, -0.05) is 32.6 Å². The molecule has 0 amide bonds. The van der Waals surface area contributed by atoms with E-state index in [1.54, 1.807) is 6.08 Å². The molecule has 0 saturated heterocycles. The molecule has 4 heteroatoms. The van der Waals surface area contributed by atoms with E-state index in [0.29, 0.717) is 29.7 Å². The Morgan fingerprint density at radius 2 is 1.63 bits per heavy atom. The summed E-state index contributed by atoms with van der Waals surface area (Å²) in [6.45, 7) is 2.28. The van der Waals surface area contributed by atoms with Gasteiger partial charge in [0, 0.05) is 12.5 Å². The summed E-state index contributed by atoms with van der Waals surface area (Å²) in [7, 11) is 0. The Bertz CT molecular complexity index is 784. The van der Waals surface area contributed by atoms with Crippen molar-refractivity contribution < 1.29 is 18.3 Å². The van der Waals surface area contributed by atoms with Gasteiger partial charge < -0.3 is 4.74 Å². The third-order valence-electron chi connectivity index (χ3n) is 7.72. The second-order valence-corrected chi connectivity index (χ2v) is 9.67. The first-order valence-electron chi connectivity index (χ1n) is 11.9. The third kappa shape index (κ3) is 4.95. The van der Waals surface area contributed by atoms with Crippen LogP contribution in [0.2, 0.25) is 0 Å². The fraction of sp³-hybridized carbons (Fsp3) is 0.654. The van der Waals surface area contributed by atoms with E-state index >= 15 is 0 Å². The van der Waals surface area contributed by atoms with Gasteiger partial charge in [-0.25, -0.2) is 8.78 Å². The molecule has 0 N–H and O–H groups in total. The third-order valence-corrected chi connectivity index (χ3v) is 7.72. The highest BCUT2D eigenvalue weighted by Gasteiger charge is 2.34. The Labute approximate surface area is 179 Å². The van der Waals surface area contributed by atoms with E-state index in [4.69, 9.17) is 4.74 Å². The Hall–Kier alpha value is -1.71. The average molecular weight is 417 g/mol. The molecular weight excluding hydrogens is 382 g/mol. The van der Waals surface area contributed by atoms with E-state index in [1.165, 1.54) is 44.6 Å². The van der Waals surface area contributed by atoms with Gasteiger partial charge in [0.15, 0.2) is 0 Å². The lowest BCUT2D eigenvalue weighted by Crippen LogP contribution is -2.29. The molecule has 30 heavy (non-hydrogen) atoms. The minimum absolute atomic E-state index is 0.0378. The molecule has 0 unspecified atom stereocenters. The molecule has 2 saturated carbocycles. The van der Waals surface area contributed by atoms with Crippen molar-refractivity contribution >= 4 is 12.0 Å². The van der Waals surface area contributed by atoms with Crippen LogP contribution >= 0.6 is 0 Å². The van der Waals surface area contributed by atoms with E-state index in [-0.39, 0.29) is 11.9 Å². The number of rotatable bonds is 5. The van der Waals surface area contributed by atoms with Crippen molar-refractivity contribution in [1.82, 2.24) is 0 Å². The first-order chi connectivity index (χ1) is 14.5. The predicted octanol–water partition coefficient (Wildman–Crippen LogP) is 7.21. The van der Waals surface area contributed by atoms with Crippen LogP contribution in [0.25, 0.3) is 6.08 Å². The number of carbonyl (C=O) groups is 1. The Kier molecular flexibility index (Phi) is 6.90.